The van der Waals surface area contributed by atoms with E-state index < -0.39 is 10.8 Å². The van der Waals surface area contributed by atoms with Crippen LogP contribution >= 0.6 is 15.9 Å². The molecule has 1 rings (SSSR count). The average molecular weight is 344 g/mol. The molecule has 0 saturated carbocycles. The number of benzene rings is 1. The van der Waals surface area contributed by atoms with Gasteiger partial charge in [0.25, 0.3) is 11.6 Å². The molecule has 7 nitrogen and oxygen atoms in total. The molecule has 0 heterocycles. The SMILES string of the molecule is CN(C)C(=O)CN(C)C(=O)c1cc([N+](=O)[O-])ccc1Br. The summed E-state index contributed by atoms with van der Waals surface area (Å²) in [5.74, 6) is -0.696. The molecule has 0 bridgehead atoms. The van der Waals surface area contributed by atoms with E-state index in [1.54, 1.807) is 14.1 Å². The molecule has 0 radical (unpaired) electrons. The first-order valence-electron chi connectivity index (χ1n) is 5.63. The number of carbonyl (C=O) groups is 2. The lowest BCUT2D eigenvalue weighted by atomic mass is 10.2. The van der Waals surface area contributed by atoms with Crippen LogP contribution in [0.3, 0.4) is 0 Å². The van der Waals surface area contributed by atoms with Crippen LogP contribution in [-0.4, -0.2) is 54.2 Å². The van der Waals surface area contributed by atoms with Crippen molar-refractivity contribution in [2.24, 2.45) is 0 Å². The molecule has 0 unspecified atom stereocenters. The standard InChI is InChI=1S/C12H14BrN3O4/c1-14(2)11(17)7-15(3)12(18)9-6-8(16(19)20)4-5-10(9)13/h4-6H,7H2,1-3H3. The number of hydrogen-bond donors (Lipinski definition) is 0. The van der Waals surface area contributed by atoms with Gasteiger partial charge in [0, 0.05) is 37.7 Å². The highest BCUT2D eigenvalue weighted by molar-refractivity contribution is 9.10. The molecule has 0 atom stereocenters. The molecular weight excluding hydrogens is 330 g/mol. The summed E-state index contributed by atoms with van der Waals surface area (Å²) in [5.41, 5.74) is -0.0304. The minimum Gasteiger partial charge on any atom is -0.347 e. The molecule has 0 fully saturated rings. The summed E-state index contributed by atoms with van der Waals surface area (Å²) in [6.07, 6.45) is 0. The number of hydrogen-bond acceptors (Lipinski definition) is 4. The highest BCUT2D eigenvalue weighted by atomic mass is 79.9. The highest BCUT2D eigenvalue weighted by Gasteiger charge is 2.20. The molecule has 108 valence electrons. The van der Waals surface area contributed by atoms with Crippen LogP contribution in [0.1, 0.15) is 10.4 Å². The zero-order valence-corrected chi connectivity index (χ0v) is 12.9. The largest absolute Gasteiger partial charge is 0.347 e. The van der Waals surface area contributed by atoms with Crippen molar-refractivity contribution in [1.82, 2.24) is 9.80 Å². The number of likely N-dealkylation sites (N-methyl/N-ethyl adjacent to an activating group) is 2. The van der Waals surface area contributed by atoms with Gasteiger partial charge in [-0.3, -0.25) is 19.7 Å². The van der Waals surface area contributed by atoms with Crippen molar-refractivity contribution >= 4 is 33.4 Å². The zero-order chi connectivity index (χ0) is 15.4. The lowest BCUT2D eigenvalue weighted by Gasteiger charge is -2.19. The third kappa shape index (κ3) is 3.77. The van der Waals surface area contributed by atoms with Crippen LogP contribution in [0.15, 0.2) is 22.7 Å². The number of nitro benzene ring substituents is 1. The van der Waals surface area contributed by atoms with Gasteiger partial charge in [-0.2, -0.15) is 0 Å². The van der Waals surface area contributed by atoms with Gasteiger partial charge in [0.1, 0.15) is 0 Å². The normalized spacial score (nSPS) is 10.0. The van der Waals surface area contributed by atoms with Crippen LogP contribution in [0.4, 0.5) is 5.69 Å². The summed E-state index contributed by atoms with van der Waals surface area (Å²) in [4.78, 5) is 36.5. The van der Waals surface area contributed by atoms with E-state index >= 15 is 0 Å². The van der Waals surface area contributed by atoms with E-state index in [1.165, 1.54) is 35.0 Å². The van der Waals surface area contributed by atoms with Gasteiger partial charge in [0.15, 0.2) is 0 Å². The Hall–Kier alpha value is -1.96. The van der Waals surface area contributed by atoms with Crippen LogP contribution < -0.4 is 0 Å². The molecule has 0 aliphatic heterocycles. The number of carbonyl (C=O) groups excluding carboxylic acids is 2. The van der Waals surface area contributed by atoms with Gasteiger partial charge in [-0.25, -0.2) is 0 Å². The zero-order valence-electron chi connectivity index (χ0n) is 11.3. The maximum atomic E-state index is 12.2. The fraction of sp³-hybridized carbons (Fsp3) is 0.333. The van der Waals surface area contributed by atoms with Crippen LogP contribution in [0, 0.1) is 10.1 Å². The second-order valence-electron chi connectivity index (χ2n) is 4.37. The topological polar surface area (TPSA) is 83.8 Å². The van der Waals surface area contributed by atoms with E-state index in [0.717, 1.165) is 0 Å². The Morgan fingerprint density at radius 1 is 1.30 bits per heavy atom. The lowest BCUT2D eigenvalue weighted by molar-refractivity contribution is -0.384. The molecule has 0 N–H and O–H groups in total. The molecule has 0 spiro atoms. The number of nitrogens with zero attached hydrogens (tertiary/aromatic N) is 3. The van der Waals surface area contributed by atoms with Crippen LogP contribution in [0.5, 0.6) is 0 Å². The summed E-state index contributed by atoms with van der Waals surface area (Å²) in [7, 11) is 4.64. The summed E-state index contributed by atoms with van der Waals surface area (Å²) < 4.78 is 0.442. The van der Waals surface area contributed by atoms with Gasteiger partial charge in [-0.15, -0.1) is 0 Å². The average Bonchev–Trinajstić information content (AvgIpc) is 2.37. The Labute approximate surface area is 124 Å². The van der Waals surface area contributed by atoms with E-state index in [4.69, 9.17) is 0 Å². The Morgan fingerprint density at radius 3 is 2.40 bits per heavy atom. The third-order valence-electron chi connectivity index (χ3n) is 2.61. The van der Waals surface area contributed by atoms with Crippen molar-refractivity contribution < 1.29 is 14.5 Å². The van der Waals surface area contributed by atoms with Crippen LogP contribution in [0.2, 0.25) is 0 Å². The van der Waals surface area contributed by atoms with Gasteiger partial charge in [-0.1, -0.05) is 0 Å². The molecular formula is C12H14BrN3O4. The Balaban J connectivity index is 2.99. The first-order chi connectivity index (χ1) is 9.23. The fourth-order valence-electron chi connectivity index (χ4n) is 1.41. The third-order valence-corrected chi connectivity index (χ3v) is 3.30. The number of non-ortho nitro benzene ring substituents is 1. The monoisotopic (exact) mass is 343 g/mol. The van der Waals surface area contributed by atoms with Gasteiger partial charge < -0.3 is 9.80 Å². The van der Waals surface area contributed by atoms with Crippen molar-refractivity contribution in [1.29, 1.82) is 0 Å². The predicted molar refractivity (Wildman–Crippen MR) is 76.5 cm³/mol. The molecule has 1 aromatic carbocycles. The fourth-order valence-corrected chi connectivity index (χ4v) is 1.83. The Bertz CT molecular complexity index is 560. The smallest absolute Gasteiger partial charge is 0.270 e. The van der Waals surface area contributed by atoms with Crippen molar-refractivity contribution in [2.75, 3.05) is 27.7 Å². The lowest BCUT2D eigenvalue weighted by Crippen LogP contribution is -2.37. The number of nitro groups is 1. The van der Waals surface area contributed by atoms with Gasteiger partial charge in [0.05, 0.1) is 17.0 Å². The van der Waals surface area contributed by atoms with Gasteiger partial charge in [-0.05, 0) is 22.0 Å². The van der Waals surface area contributed by atoms with Gasteiger partial charge in [0.2, 0.25) is 5.91 Å². The van der Waals surface area contributed by atoms with E-state index in [1.807, 2.05) is 0 Å². The van der Waals surface area contributed by atoms with Gasteiger partial charge >= 0.3 is 0 Å². The van der Waals surface area contributed by atoms with E-state index in [2.05, 4.69) is 15.9 Å². The first-order valence-corrected chi connectivity index (χ1v) is 6.43. The Morgan fingerprint density at radius 2 is 1.90 bits per heavy atom. The predicted octanol–water partition coefficient (Wildman–Crippen LogP) is 1.52. The first kappa shape index (κ1) is 16.1. The highest BCUT2D eigenvalue weighted by Crippen LogP contribution is 2.23. The number of halogens is 1. The van der Waals surface area contributed by atoms with Crippen molar-refractivity contribution in [3.63, 3.8) is 0 Å². The second kappa shape index (κ2) is 6.47. The van der Waals surface area contributed by atoms with E-state index in [-0.39, 0.29) is 23.7 Å². The van der Waals surface area contributed by atoms with E-state index in [9.17, 15) is 19.7 Å². The van der Waals surface area contributed by atoms with E-state index in [0.29, 0.717) is 4.47 Å². The summed E-state index contributed by atoms with van der Waals surface area (Å²) in [6, 6.07) is 3.92. The summed E-state index contributed by atoms with van der Waals surface area (Å²) in [6.45, 7) is -0.0963. The second-order valence-corrected chi connectivity index (χ2v) is 5.22. The van der Waals surface area contributed by atoms with Crippen LogP contribution in [-0.2, 0) is 4.79 Å². The summed E-state index contributed by atoms with van der Waals surface area (Å²) in [5, 5.41) is 10.7. The van der Waals surface area contributed by atoms with Crippen molar-refractivity contribution in [2.45, 2.75) is 0 Å². The van der Waals surface area contributed by atoms with Crippen molar-refractivity contribution in [3.8, 4) is 0 Å². The quantitative estimate of drug-likeness (QED) is 0.612. The van der Waals surface area contributed by atoms with Crippen LogP contribution in [0.25, 0.3) is 0 Å². The summed E-state index contributed by atoms with van der Waals surface area (Å²) >= 11 is 3.18. The minimum absolute atomic E-state index is 0.0963. The molecule has 20 heavy (non-hydrogen) atoms. The van der Waals surface area contributed by atoms with Crippen molar-refractivity contribution in [3.05, 3.63) is 38.3 Å². The maximum absolute atomic E-state index is 12.2. The molecule has 8 heteroatoms. The molecule has 0 aliphatic rings. The Kier molecular flexibility index (Phi) is 5.20. The molecule has 1 aromatic rings. The molecule has 2 amide bonds. The molecule has 0 aliphatic carbocycles. The molecule has 0 aromatic heterocycles. The maximum Gasteiger partial charge on any atom is 0.270 e. The molecule has 0 saturated heterocycles. The number of amides is 2. The minimum atomic E-state index is -0.575. The number of rotatable bonds is 4.